The summed E-state index contributed by atoms with van der Waals surface area (Å²) in [5.74, 6) is 0.380. The molecule has 3 heterocycles. The number of aryl methyl sites for hydroxylation is 2. The van der Waals surface area contributed by atoms with Crippen molar-refractivity contribution >= 4 is 22.7 Å². The summed E-state index contributed by atoms with van der Waals surface area (Å²) < 4.78 is 5.36. The molecule has 3 aromatic rings. The lowest BCUT2D eigenvalue weighted by Crippen LogP contribution is -2.48. The predicted molar refractivity (Wildman–Crippen MR) is 121 cm³/mol. The van der Waals surface area contributed by atoms with Gasteiger partial charge in [-0.2, -0.15) is 0 Å². The normalized spacial score (nSPS) is 17.3. The van der Waals surface area contributed by atoms with Gasteiger partial charge in [0.25, 0.3) is 11.6 Å². The Morgan fingerprint density at radius 3 is 2.71 bits per heavy atom. The molecule has 31 heavy (non-hydrogen) atoms. The maximum atomic E-state index is 13.0. The zero-order valence-electron chi connectivity index (χ0n) is 18.2. The molecule has 1 aromatic carbocycles. The van der Waals surface area contributed by atoms with Gasteiger partial charge in [-0.05, 0) is 50.5 Å². The van der Waals surface area contributed by atoms with Crippen molar-refractivity contribution in [2.75, 3.05) is 44.2 Å². The largest absolute Gasteiger partial charge is 0.369 e. The van der Waals surface area contributed by atoms with E-state index in [0.717, 1.165) is 56.6 Å². The molecule has 2 aliphatic rings. The van der Waals surface area contributed by atoms with Crippen LogP contribution in [-0.4, -0.2) is 60.2 Å². The molecule has 1 amide bonds. The molecule has 2 fully saturated rings. The van der Waals surface area contributed by atoms with Crippen LogP contribution in [0.1, 0.15) is 46.1 Å². The van der Waals surface area contributed by atoms with E-state index < -0.39 is 0 Å². The van der Waals surface area contributed by atoms with Gasteiger partial charge >= 0.3 is 0 Å². The average molecular weight is 420 g/mol. The first-order chi connectivity index (χ1) is 15.1. The molecule has 5 rings (SSSR count). The lowest BCUT2D eigenvalue weighted by Gasteiger charge is -2.36. The topological polar surface area (TPSA) is 74.5 Å². The maximum Gasteiger partial charge on any atom is 0.259 e. The highest BCUT2D eigenvalue weighted by Crippen LogP contribution is 2.40. The molecule has 0 bridgehead atoms. The molecular weight excluding hydrogens is 390 g/mol. The molecule has 1 aliphatic carbocycles. The molecule has 162 valence electrons. The van der Waals surface area contributed by atoms with Crippen molar-refractivity contribution in [3.8, 4) is 0 Å². The van der Waals surface area contributed by atoms with Crippen LogP contribution in [0.25, 0.3) is 11.1 Å². The Hall–Kier alpha value is -2.93. The molecule has 1 N–H and O–H groups in total. The van der Waals surface area contributed by atoms with Gasteiger partial charge in [-0.25, -0.2) is 4.98 Å². The molecule has 1 saturated heterocycles. The van der Waals surface area contributed by atoms with Gasteiger partial charge in [-0.3, -0.25) is 9.69 Å². The molecule has 7 nitrogen and oxygen atoms in total. The molecule has 2 aromatic heterocycles. The minimum atomic E-state index is -0.0704. The van der Waals surface area contributed by atoms with Crippen molar-refractivity contribution in [1.82, 2.24) is 20.4 Å². The molecule has 7 heteroatoms. The number of carbonyl (C=O) groups excluding carboxylic acids is 1. The van der Waals surface area contributed by atoms with Crippen LogP contribution in [0, 0.1) is 13.8 Å². The predicted octanol–water partition coefficient (Wildman–Crippen LogP) is 3.27. The third kappa shape index (κ3) is 4.28. The van der Waals surface area contributed by atoms with Crippen LogP contribution in [0.15, 0.2) is 34.9 Å². The Kier molecular flexibility index (Phi) is 5.36. The summed E-state index contributed by atoms with van der Waals surface area (Å²) in [7, 11) is 0. The van der Waals surface area contributed by atoms with Gasteiger partial charge in [-0.15, -0.1) is 0 Å². The van der Waals surface area contributed by atoms with Crippen molar-refractivity contribution in [2.45, 2.75) is 32.6 Å². The lowest BCUT2D eigenvalue weighted by molar-refractivity contribution is 0.0949. The second kappa shape index (κ2) is 8.30. The number of nitrogens with one attached hydrogen (secondary N) is 1. The van der Waals surface area contributed by atoms with Crippen molar-refractivity contribution in [1.29, 1.82) is 0 Å². The van der Waals surface area contributed by atoms with Gasteiger partial charge in [0.1, 0.15) is 0 Å². The van der Waals surface area contributed by atoms with E-state index in [-0.39, 0.29) is 5.91 Å². The summed E-state index contributed by atoms with van der Waals surface area (Å²) in [4.78, 5) is 22.4. The summed E-state index contributed by atoms with van der Waals surface area (Å²) >= 11 is 0. The molecule has 0 spiro atoms. The molecule has 1 saturated carbocycles. The molecule has 1 aliphatic heterocycles. The smallest absolute Gasteiger partial charge is 0.259 e. The Morgan fingerprint density at radius 1 is 1.16 bits per heavy atom. The highest BCUT2D eigenvalue weighted by molar-refractivity contribution is 6.06. The van der Waals surface area contributed by atoms with Crippen molar-refractivity contribution in [2.24, 2.45) is 0 Å². The van der Waals surface area contributed by atoms with Gasteiger partial charge in [0, 0.05) is 56.6 Å². The minimum Gasteiger partial charge on any atom is -0.369 e. The third-order valence-corrected chi connectivity index (χ3v) is 6.33. The van der Waals surface area contributed by atoms with Crippen LogP contribution in [0.2, 0.25) is 0 Å². The van der Waals surface area contributed by atoms with Crippen LogP contribution in [-0.2, 0) is 0 Å². The summed E-state index contributed by atoms with van der Waals surface area (Å²) in [6.45, 7) is 9.47. The minimum absolute atomic E-state index is 0.0704. The van der Waals surface area contributed by atoms with E-state index in [1.54, 1.807) is 0 Å². The summed E-state index contributed by atoms with van der Waals surface area (Å²) in [6.07, 6.45) is 2.25. The number of hydrogen-bond donors (Lipinski definition) is 1. The van der Waals surface area contributed by atoms with Crippen LogP contribution >= 0.6 is 0 Å². The average Bonchev–Trinajstić information content (AvgIpc) is 3.57. The van der Waals surface area contributed by atoms with E-state index in [9.17, 15) is 4.79 Å². The molecule has 0 radical (unpaired) electrons. The van der Waals surface area contributed by atoms with Gasteiger partial charge in [0.05, 0.1) is 16.6 Å². The first-order valence-electron chi connectivity index (χ1n) is 11.2. The van der Waals surface area contributed by atoms with Crippen molar-refractivity contribution < 1.29 is 9.32 Å². The second-order valence-corrected chi connectivity index (χ2v) is 8.74. The van der Waals surface area contributed by atoms with E-state index in [1.165, 1.54) is 11.3 Å². The number of aromatic nitrogens is 2. The number of hydrogen-bond acceptors (Lipinski definition) is 6. The second-order valence-electron chi connectivity index (χ2n) is 8.74. The van der Waals surface area contributed by atoms with Crippen molar-refractivity contribution in [3.63, 3.8) is 0 Å². The first kappa shape index (κ1) is 20.0. The SMILES string of the molecule is Cc1cccc(N2CCN(CCNC(=O)c3cc(C4CC4)nc4onc(C)c34)CC2)c1. The monoisotopic (exact) mass is 419 g/mol. The number of fused-ring (bicyclic) bond motifs is 1. The van der Waals surface area contributed by atoms with E-state index in [4.69, 9.17) is 4.52 Å². The van der Waals surface area contributed by atoms with Crippen LogP contribution in [0.4, 0.5) is 5.69 Å². The number of rotatable bonds is 6. The van der Waals surface area contributed by atoms with Gasteiger partial charge < -0.3 is 14.7 Å². The number of piperazine rings is 1. The fourth-order valence-corrected chi connectivity index (χ4v) is 4.36. The molecule has 0 unspecified atom stereocenters. The van der Waals surface area contributed by atoms with Crippen LogP contribution < -0.4 is 10.2 Å². The fourth-order valence-electron chi connectivity index (χ4n) is 4.36. The van der Waals surface area contributed by atoms with E-state index in [2.05, 4.69) is 56.4 Å². The highest BCUT2D eigenvalue weighted by Gasteiger charge is 2.28. The summed E-state index contributed by atoms with van der Waals surface area (Å²) in [6, 6.07) is 10.6. The first-order valence-corrected chi connectivity index (χ1v) is 11.2. The number of pyridine rings is 1. The standard InChI is InChI=1S/C24H29N5O2/c1-16-4-3-5-19(14-16)29-12-10-28(11-13-29)9-8-25-23(30)20-15-21(18-6-7-18)26-24-22(20)17(2)27-31-24/h3-5,14-15,18H,6-13H2,1-2H3,(H,25,30). The van der Waals surface area contributed by atoms with Crippen LogP contribution in [0.3, 0.4) is 0 Å². The quantitative estimate of drug-likeness (QED) is 0.661. The maximum absolute atomic E-state index is 13.0. The highest BCUT2D eigenvalue weighted by atomic mass is 16.5. The fraction of sp³-hybridized carbons (Fsp3) is 0.458. The number of anilines is 1. The Morgan fingerprint density at radius 2 is 1.97 bits per heavy atom. The van der Waals surface area contributed by atoms with E-state index in [1.807, 2.05) is 13.0 Å². The number of nitrogens with zero attached hydrogens (tertiary/aromatic N) is 4. The van der Waals surface area contributed by atoms with E-state index in [0.29, 0.717) is 29.4 Å². The number of benzene rings is 1. The Balaban J connectivity index is 1.17. The van der Waals surface area contributed by atoms with Gasteiger partial charge in [-0.1, -0.05) is 17.3 Å². The number of carbonyl (C=O) groups is 1. The zero-order chi connectivity index (χ0) is 21.4. The van der Waals surface area contributed by atoms with E-state index >= 15 is 0 Å². The summed E-state index contributed by atoms with van der Waals surface area (Å²) in [5.41, 5.74) is 5.35. The molecule has 0 atom stereocenters. The van der Waals surface area contributed by atoms with Gasteiger partial charge in [0.15, 0.2) is 0 Å². The number of amides is 1. The van der Waals surface area contributed by atoms with Crippen LogP contribution in [0.5, 0.6) is 0 Å². The zero-order valence-corrected chi connectivity index (χ0v) is 18.2. The van der Waals surface area contributed by atoms with Crippen molar-refractivity contribution in [3.05, 3.63) is 52.8 Å². The Labute approximate surface area is 182 Å². The third-order valence-electron chi connectivity index (χ3n) is 6.33. The molecular formula is C24H29N5O2. The Bertz CT molecular complexity index is 1100. The lowest BCUT2D eigenvalue weighted by atomic mass is 10.1. The van der Waals surface area contributed by atoms with Gasteiger partial charge in [0.2, 0.25) is 0 Å². The summed E-state index contributed by atoms with van der Waals surface area (Å²) in [5, 5.41) is 7.85.